The first-order chi connectivity index (χ1) is 11.3. The van der Waals surface area contributed by atoms with E-state index in [-0.39, 0.29) is 0 Å². The minimum absolute atomic E-state index is 0.409. The highest BCUT2D eigenvalue weighted by molar-refractivity contribution is 6.54. The van der Waals surface area contributed by atoms with Crippen molar-refractivity contribution in [2.24, 2.45) is 0 Å². The Labute approximate surface area is 143 Å². The molecule has 0 radical (unpaired) electrons. The molecule has 24 heavy (non-hydrogen) atoms. The molecule has 2 aliphatic heterocycles. The number of morpholine rings is 1. The third-order valence-electron chi connectivity index (χ3n) is 5.05. The average molecular weight is 333 g/mol. The monoisotopic (exact) mass is 333 g/mol. The minimum atomic E-state index is -0.950. The second-order valence-corrected chi connectivity index (χ2v) is 7.31. The molecule has 4 nitrogen and oxygen atoms in total. The van der Waals surface area contributed by atoms with E-state index in [0.29, 0.717) is 0 Å². The third kappa shape index (κ3) is 3.51. The highest BCUT2D eigenvalue weighted by Gasteiger charge is 2.53. The molecule has 1 aromatic carbocycles. The van der Waals surface area contributed by atoms with Crippen molar-refractivity contribution in [2.45, 2.75) is 38.9 Å². The van der Waals surface area contributed by atoms with E-state index in [9.17, 15) is 4.39 Å². The SMILES string of the molecule is CC1(C)OB(C(F)=Cc2ccc(N3CCOCC3)cc2)OC1(C)C. The summed E-state index contributed by atoms with van der Waals surface area (Å²) in [5.74, 6) is 0. The van der Waals surface area contributed by atoms with Gasteiger partial charge < -0.3 is 18.9 Å². The fourth-order valence-electron chi connectivity index (χ4n) is 2.79. The quantitative estimate of drug-likeness (QED) is 0.793. The Bertz CT molecular complexity index is 593. The summed E-state index contributed by atoms with van der Waals surface area (Å²) >= 11 is 0. The van der Waals surface area contributed by atoms with E-state index in [1.54, 1.807) is 0 Å². The molecule has 6 heteroatoms. The lowest BCUT2D eigenvalue weighted by Crippen LogP contribution is -2.41. The van der Waals surface area contributed by atoms with Crippen molar-refractivity contribution in [1.82, 2.24) is 0 Å². The number of rotatable bonds is 3. The zero-order valence-corrected chi connectivity index (χ0v) is 14.8. The van der Waals surface area contributed by atoms with Crippen LogP contribution in [0.25, 0.3) is 6.08 Å². The number of hydrogen-bond donors (Lipinski definition) is 0. The van der Waals surface area contributed by atoms with Crippen LogP contribution in [-0.4, -0.2) is 44.6 Å². The van der Waals surface area contributed by atoms with Crippen LogP contribution in [0, 0.1) is 0 Å². The number of nitrogens with zero attached hydrogens (tertiary/aromatic N) is 1. The fraction of sp³-hybridized carbons (Fsp3) is 0.556. The Hall–Kier alpha value is -1.37. The topological polar surface area (TPSA) is 30.9 Å². The molecule has 0 bridgehead atoms. The lowest BCUT2D eigenvalue weighted by atomic mass is 9.87. The zero-order valence-electron chi connectivity index (χ0n) is 14.8. The largest absolute Gasteiger partial charge is 0.525 e. The van der Waals surface area contributed by atoms with Crippen LogP contribution in [0.1, 0.15) is 33.3 Å². The van der Waals surface area contributed by atoms with E-state index >= 15 is 0 Å². The van der Waals surface area contributed by atoms with Crippen molar-refractivity contribution in [1.29, 1.82) is 0 Å². The fourth-order valence-corrected chi connectivity index (χ4v) is 2.79. The maximum atomic E-state index is 14.5. The smallest absolute Gasteiger partial charge is 0.398 e. The lowest BCUT2D eigenvalue weighted by Gasteiger charge is -2.32. The summed E-state index contributed by atoms with van der Waals surface area (Å²) in [6, 6.07) is 7.84. The zero-order chi connectivity index (χ0) is 17.4. The summed E-state index contributed by atoms with van der Waals surface area (Å²) in [7, 11) is -0.950. The van der Waals surface area contributed by atoms with Crippen molar-refractivity contribution in [3.63, 3.8) is 0 Å². The van der Waals surface area contributed by atoms with Gasteiger partial charge in [0, 0.05) is 18.8 Å². The molecule has 0 unspecified atom stereocenters. The van der Waals surface area contributed by atoms with Crippen LogP contribution < -0.4 is 4.90 Å². The first kappa shape index (κ1) is 17.5. The molecule has 2 heterocycles. The highest BCUT2D eigenvalue weighted by atomic mass is 19.1. The van der Waals surface area contributed by atoms with Crippen molar-refractivity contribution < 1.29 is 18.4 Å². The van der Waals surface area contributed by atoms with Crippen LogP contribution in [0.15, 0.2) is 30.0 Å². The van der Waals surface area contributed by atoms with Gasteiger partial charge in [0.25, 0.3) is 0 Å². The van der Waals surface area contributed by atoms with E-state index < -0.39 is 24.0 Å². The Morgan fingerprint density at radius 2 is 1.58 bits per heavy atom. The maximum Gasteiger partial charge on any atom is 0.525 e. The Morgan fingerprint density at radius 1 is 1.04 bits per heavy atom. The van der Waals surface area contributed by atoms with Crippen LogP contribution in [0.5, 0.6) is 0 Å². The predicted molar refractivity (Wildman–Crippen MR) is 94.6 cm³/mol. The normalized spacial score (nSPS) is 23.6. The van der Waals surface area contributed by atoms with E-state index in [0.717, 1.165) is 37.6 Å². The van der Waals surface area contributed by atoms with E-state index in [4.69, 9.17) is 14.0 Å². The average Bonchev–Trinajstić information content (AvgIpc) is 2.77. The minimum Gasteiger partial charge on any atom is -0.398 e. The van der Waals surface area contributed by atoms with E-state index in [2.05, 4.69) is 4.90 Å². The summed E-state index contributed by atoms with van der Waals surface area (Å²) in [4.78, 5) is 2.27. The summed E-state index contributed by atoms with van der Waals surface area (Å²) in [5, 5.41) is 0. The molecule has 2 aliphatic rings. The van der Waals surface area contributed by atoms with Crippen LogP contribution >= 0.6 is 0 Å². The van der Waals surface area contributed by atoms with Crippen molar-refractivity contribution in [2.75, 3.05) is 31.2 Å². The molecular formula is C18H25BFNO3. The first-order valence-electron chi connectivity index (χ1n) is 8.44. The molecule has 0 amide bonds. The van der Waals surface area contributed by atoms with Gasteiger partial charge in [-0.3, -0.25) is 0 Å². The predicted octanol–water partition coefficient (Wildman–Crippen LogP) is 3.47. The number of ether oxygens (including phenoxy) is 1. The molecule has 0 aromatic heterocycles. The van der Waals surface area contributed by atoms with Gasteiger partial charge in [-0.25, -0.2) is 4.39 Å². The summed E-state index contributed by atoms with van der Waals surface area (Å²) in [6.45, 7) is 10.9. The van der Waals surface area contributed by atoms with Gasteiger partial charge in [0.15, 0.2) is 0 Å². The van der Waals surface area contributed by atoms with Gasteiger partial charge in [0.05, 0.1) is 24.4 Å². The van der Waals surface area contributed by atoms with Gasteiger partial charge in [-0.05, 0) is 51.5 Å². The number of hydrogen-bond acceptors (Lipinski definition) is 4. The molecule has 130 valence electrons. The lowest BCUT2D eigenvalue weighted by molar-refractivity contribution is 0.00578. The van der Waals surface area contributed by atoms with Gasteiger partial charge >= 0.3 is 7.12 Å². The van der Waals surface area contributed by atoms with Crippen molar-refractivity contribution >= 4 is 18.9 Å². The third-order valence-corrected chi connectivity index (χ3v) is 5.05. The van der Waals surface area contributed by atoms with Gasteiger partial charge in [-0.15, -0.1) is 0 Å². The van der Waals surface area contributed by atoms with Crippen molar-refractivity contribution in [3.05, 3.63) is 35.6 Å². The molecule has 0 aliphatic carbocycles. The molecule has 0 saturated carbocycles. The van der Waals surface area contributed by atoms with Crippen molar-refractivity contribution in [3.8, 4) is 0 Å². The second kappa shape index (κ2) is 6.50. The second-order valence-electron chi connectivity index (χ2n) is 7.31. The molecule has 3 rings (SSSR count). The Balaban J connectivity index is 1.69. The number of halogens is 1. The van der Waals surface area contributed by atoms with Crippen LogP contribution in [-0.2, 0) is 14.0 Å². The van der Waals surface area contributed by atoms with Crippen LogP contribution in [0.2, 0.25) is 0 Å². The maximum absolute atomic E-state index is 14.5. The molecular weight excluding hydrogens is 308 g/mol. The van der Waals surface area contributed by atoms with Gasteiger partial charge in [0.2, 0.25) is 0 Å². The first-order valence-corrected chi connectivity index (χ1v) is 8.44. The molecule has 0 N–H and O–H groups in total. The van der Waals surface area contributed by atoms with E-state index in [1.165, 1.54) is 6.08 Å². The van der Waals surface area contributed by atoms with Crippen LogP contribution in [0.4, 0.5) is 10.1 Å². The van der Waals surface area contributed by atoms with Crippen LogP contribution in [0.3, 0.4) is 0 Å². The highest BCUT2D eigenvalue weighted by Crippen LogP contribution is 2.39. The molecule has 0 spiro atoms. The molecule has 2 fully saturated rings. The summed E-state index contributed by atoms with van der Waals surface area (Å²) < 4.78 is 31.3. The Kier molecular flexibility index (Phi) is 4.73. The van der Waals surface area contributed by atoms with Gasteiger partial charge in [0.1, 0.15) is 5.73 Å². The number of benzene rings is 1. The standard InChI is InChI=1S/C18H25BFNO3/c1-17(2)18(3,4)24-19(23-17)16(20)13-14-5-7-15(8-6-14)21-9-11-22-12-10-21/h5-8,13H,9-12H2,1-4H3. The summed E-state index contributed by atoms with van der Waals surface area (Å²) in [6.07, 6.45) is 1.48. The van der Waals surface area contributed by atoms with Gasteiger partial charge in [-0.1, -0.05) is 12.1 Å². The Morgan fingerprint density at radius 3 is 2.12 bits per heavy atom. The summed E-state index contributed by atoms with van der Waals surface area (Å²) in [5.41, 5.74) is 0.435. The van der Waals surface area contributed by atoms with E-state index in [1.807, 2.05) is 52.0 Å². The molecule has 0 atom stereocenters. The van der Waals surface area contributed by atoms with Gasteiger partial charge in [-0.2, -0.15) is 0 Å². The molecule has 2 saturated heterocycles. The number of anilines is 1. The molecule has 1 aromatic rings.